The largest absolute Gasteiger partial charge is 0.0807 e. The van der Waals surface area contributed by atoms with E-state index in [1.165, 1.54) is 56.1 Å². The zero-order chi connectivity index (χ0) is 13.9. The highest BCUT2D eigenvalue weighted by atomic mass is 14.1. The maximum absolute atomic E-state index is 2.50. The fraction of sp³-hybridized carbons (Fsp3) is 0.579. The molecule has 106 valence electrons. The number of benzene rings is 1. The minimum atomic E-state index is 1.13. The van der Waals surface area contributed by atoms with E-state index in [2.05, 4.69) is 51.1 Å². The smallest absolute Gasteiger partial charge is 0.0196 e. The van der Waals surface area contributed by atoms with Gasteiger partial charge < -0.3 is 0 Å². The molecule has 19 heavy (non-hydrogen) atoms. The number of hydrogen-bond donors (Lipinski definition) is 0. The normalized spacial score (nSPS) is 11.8. The Balaban J connectivity index is 2.82. The lowest BCUT2D eigenvalue weighted by Crippen LogP contribution is -1.93. The van der Waals surface area contributed by atoms with Crippen LogP contribution in [0.4, 0.5) is 0 Å². The van der Waals surface area contributed by atoms with Gasteiger partial charge in [0.05, 0.1) is 0 Å². The van der Waals surface area contributed by atoms with E-state index < -0.39 is 0 Å². The Bertz CT molecular complexity index is 373. The first-order valence-electron chi connectivity index (χ1n) is 8.10. The molecule has 0 spiro atoms. The van der Waals surface area contributed by atoms with E-state index in [4.69, 9.17) is 0 Å². The minimum absolute atomic E-state index is 1.13. The van der Waals surface area contributed by atoms with Crippen molar-refractivity contribution in [3.63, 3.8) is 0 Å². The first-order valence-corrected chi connectivity index (χ1v) is 8.10. The molecule has 1 aromatic carbocycles. The van der Waals surface area contributed by atoms with Crippen LogP contribution in [0.25, 0.3) is 5.57 Å². The molecule has 0 saturated carbocycles. The highest BCUT2D eigenvalue weighted by molar-refractivity contribution is 5.68. The van der Waals surface area contributed by atoms with Crippen molar-refractivity contribution in [1.82, 2.24) is 0 Å². The molecule has 0 radical (unpaired) electrons. The first kappa shape index (κ1) is 16.0. The predicted molar refractivity (Wildman–Crippen MR) is 87.5 cm³/mol. The van der Waals surface area contributed by atoms with Gasteiger partial charge >= 0.3 is 0 Å². The highest BCUT2D eigenvalue weighted by Gasteiger charge is 2.05. The molecule has 0 bridgehead atoms. The quantitative estimate of drug-likeness (QED) is 0.449. The second-order valence-electron chi connectivity index (χ2n) is 5.34. The lowest BCUT2D eigenvalue weighted by Gasteiger charge is -2.12. The summed E-state index contributed by atoms with van der Waals surface area (Å²) in [5, 5.41) is 0. The molecule has 0 fully saturated rings. The number of rotatable bonds is 9. The summed E-state index contributed by atoms with van der Waals surface area (Å²) in [4.78, 5) is 0. The Morgan fingerprint density at radius 3 is 2.37 bits per heavy atom. The molecule has 0 unspecified atom stereocenters. The summed E-state index contributed by atoms with van der Waals surface area (Å²) in [6.45, 7) is 6.81. The van der Waals surface area contributed by atoms with E-state index in [0.717, 1.165) is 6.42 Å². The van der Waals surface area contributed by atoms with E-state index in [9.17, 15) is 0 Å². The number of allylic oxidation sites excluding steroid dienone is 2. The van der Waals surface area contributed by atoms with E-state index in [-0.39, 0.29) is 0 Å². The molecular formula is C19H30. The van der Waals surface area contributed by atoms with Gasteiger partial charge in [-0.15, -0.1) is 0 Å². The van der Waals surface area contributed by atoms with Gasteiger partial charge in [0, 0.05) is 0 Å². The van der Waals surface area contributed by atoms with Crippen LogP contribution in [0.1, 0.15) is 76.8 Å². The molecule has 0 heteroatoms. The van der Waals surface area contributed by atoms with Crippen LogP contribution >= 0.6 is 0 Å². The summed E-state index contributed by atoms with van der Waals surface area (Å²) < 4.78 is 0. The van der Waals surface area contributed by atoms with Crippen LogP contribution in [0, 0.1) is 0 Å². The summed E-state index contributed by atoms with van der Waals surface area (Å²) in [5.74, 6) is 0. The van der Waals surface area contributed by atoms with E-state index in [1.54, 1.807) is 5.57 Å². The lowest BCUT2D eigenvalue weighted by atomic mass is 9.93. The third-order valence-corrected chi connectivity index (χ3v) is 3.74. The molecular weight excluding hydrogens is 228 g/mol. The van der Waals surface area contributed by atoms with Crippen LogP contribution in [0.2, 0.25) is 0 Å². The second kappa shape index (κ2) is 9.83. The average molecular weight is 258 g/mol. The molecule has 0 heterocycles. The maximum Gasteiger partial charge on any atom is -0.0196 e. The molecule has 0 aliphatic heterocycles. The van der Waals surface area contributed by atoms with Crippen LogP contribution in [-0.4, -0.2) is 0 Å². The van der Waals surface area contributed by atoms with Crippen molar-refractivity contribution < 1.29 is 0 Å². The topological polar surface area (TPSA) is 0 Å². The van der Waals surface area contributed by atoms with Crippen LogP contribution in [-0.2, 0) is 6.42 Å². The summed E-state index contributed by atoms with van der Waals surface area (Å²) in [6.07, 6.45) is 12.7. The second-order valence-corrected chi connectivity index (χ2v) is 5.34. The molecule has 0 atom stereocenters. The van der Waals surface area contributed by atoms with Crippen LogP contribution < -0.4 is 0 Å². The summed E-state index contributed by atoms with van der Waals surface area (Å²) in [7, 11) is 0. The average Bonchev–Trinajstić information content (AvgIpc) is 2.46. The molecule has 0 aromatic heterocycles. The van der Waals surface area contributed by atoms with Gasteiger partial charge in [-0.1, -0.05) is 70.4 Å². The molecule has 0 aliphatic carbocycles. The zero-order valence-corrected chi connectivity index (χ0v) is 13.0. The van der Waals surface area contributed by atoms with Gasteiger partial charge in [0.1, 0.15) is 0 Å². The maximum atomic E-state index is 2.50. The Labute approximate surface area is 119 Å². The SMILES string of the molecule is CCCCC/C=C(\CCCC)c1ccccc1CC. The van der Waals surface area contributed by atoms with Gasteiger partial charge in [0.25, 0.3) is 0 Å². The van der Waals surface area contributed by atoms with E-state index in [1.807, 2.05) is 0 Å². The molecule has 0 saturated heterocycles. The molecule has 0 aliphatic rings. The van der Waals surface area contributed by atoms with Crippen molar-refractivity contribution in [2.45, 2.75) is 72.1 Å². The Morgan fingerprint density at radius 2 is 1.68 bits per heavy atom. The third kappa shape index (κ3) is 5.63. The zero-order valence-electron chi connectivity index (χ0n) is 13.0. The molecule has 0 nitrogen and oxygen atoms in total. The van der Waals surface area contributed by atoms with Crippen LogP contribution in [0.5, 0.6) is 0 Å². The van der Waals surface area contributed by atoms with E-state index >= 15 is 0 Å². The van der Waals surface area contributed by atoms with E-state index in [0.29, 0.717) is 0 Å². The first-order chi connectivity index (χ1) is 9.33. The van der Waals surface area contributed by atoms with Crippen molar-refractivity contribution in [3.8, 4) is 0 Å². The van der Waals surface area contributed by atoms with Crippen molar-refractivity contribution in [1.29, 1.82) is 0 Å². The summed E-state index contributed by atoms with van der Waals surface area (Å²) in [5.41, 5.74) is 4.57. The van der Waals surface area contributed by atoms with Gasteiger partial charge in [-0.25, -0.2) is 0 Å². The molecule has 0 N–H and O–H groups in total. The van der Waals surface area contributed by atoms with Crippen molar-refractivity contribution in [2.75, 3.05) is 0 Å². The Hall–Kier alpha value is -1.04. The van der Waals surface area contributed by atoms with Crippen molar-refractivity contribution in [2.24, 2.45) is 0 Å². The molecule has 0 amide bonds. The van der Waals surface area contributed by atoms with Crippen LogP contribution in [0.15, 0.2) is 30.3 Å². The van der Waals surface area contributed by atoms with Gasteiger partial charge in [-0.05, 0) is 48.8 Å². The minimum Gasteiger partial charge on any atom is -0.0807 e. The summed E-state index contributed by atoms with van der Waals surface area (Å²) >= 11 is 0. The van der Waals surface area contributed by atoms with Gasteiger partial charge in [0.2, 0.25) is 0 Å². The predicted octanol–water partition coefficient (Wildman–Crippen LogP) is 6.40. The van der Waals surface area contributed by atoms with Crippen LogP contribution in [0.3, 0.4) is 0 Å². The van der Waals surface area contributed by atoms with Gasteiger partial charge in [-0.3, -0.25) is 0 Å². The molecule has 1 rings (SSSR count). The standard InChI is InChI=1S/C19H30/c1-4-7-9-10-15-18(13-8-5-2)19-16-12-11-14-17(19)6-3/h11-12,14-16H,4-10,13H2,1-3H3/b18-15+. The van der Waals surface area contributed by atoms with Gasteiger partial charge in [0.15, 0.2) is 0 Å². The fourth-order valence-corrected chi connectivity index (χ4v) is 2.53. The third-order valence-electron chi connectivity index (χ3n) is 3.74. The monoisotopic (exact) mass is 258 g/mol. The molecule has 1 aromatic rings. The Morgan fingerprint density at radius 1 is 0.947 bits per heavy atom. The summed E-state index contributed by atoms with van der Waals surface area (Å²) in [6, 6.07) is 8.93. The fourth-order valence-electron chi connectivity index (χ4n) is 2.53. The Kier molecular flexibility index (Phi) is 8.29. The van der Waals surface area contributed by atoms with Crippen molar-refractivity contribution in [3.05, 3.63) is 41.5 Å². The van der Waals surface area contributed by atoms with Gasteiger partial charge in [-0.2, -0.15) is 0 Å². The number of hydrogen-bond acceptors (Lipinski definition) is 0. The van der Waals surface area contributed by atoms with Crippen molar-refractivity contribution >= 4 is 5.57 Å². The number of aryl methyl sites for hydroxylation is 1. The lowest BCUT2D eigenvalue weighted by molar-refractivity contribution is 0.727. The number of unbranched alkanes of at least 4 members (excludes halogenated alkanes) is 4. The highest BCUT2D eigenvalue weighted by Crippen LogP contribution is 2.25.